The summed E-state index contributed by atoms with van der Waals surface area (Å²) in [6.45, 7) is 2.17. The molecule has 15 heavy (non-hydrogen) atoms. The van der Waals surface area contributed by atoms with E-state index in [9.17, 15) is 9.18 Å². The Morgan fingerprint density at radius 1 is 1.53 bits per heavy atom. The first-order valence-corrected chi connectivity index (χ1v) is 4.73. The molecular formula is C11H14FNO2. The molecule has 0 aliphatic rings. The minimum atomic E-state index is -1.09. The van der Waals surface area contributed by atoms with Crippen molar-refractivity contribution in [2.75, 3.05) is 13.6 Å². The number of carboxylic acid groups (broad SMARTS) is 1. The first-order chi connectivity index (χ1) is 7.06. The Kier molecular flexibility index (Phi) is 3.80. The van der Waals surface area contributed by atoms with Crippen LogP contribution < -0.4 is 5.32 Å². The SMILES string of the molecule is CNCCc1cc(F)c(C)c(C(=O)O)c1. The number of likely N-dealkylation sites (N-methyl/N-ethyl adjacent to an activating group) is 1. The predicted octanol–water partition coefficient (Wildman–Crippen LogP) is 1.59. The topological polar surface area (TPSA) is 49.3 Å². The van der Waals surface area contributed by atoms with Gasteiger partial charge in [0, 0.05) is 0 Å². The third kappa shape index (κ3) is 2.76. The smallest absolute Gasteiger partial charge is 0.336 e. The molecule has 4 heteroatoms. The van der Waals surface area contributed by atoms with Gasteiger partial charge in [0.15, 0.2) is 0 Å². The number of nitrogens with one attached hydrogen (secondary N) is 1. The summed E-state index contributed by atoms with van der Waals surface area (Å²) in [4.78, 5) is 10.8. The second kappa shape index (κ2) is 4.89. The molecule has 0 bridgehead atoms. The number of hydrogen-bond donors (Lipinski definition) is 2. The number of aromatic carboxylic acids is 1. The summed E-state index contributed by atoms with van der Waals surface area (Å²) >= 11 is 0. The molecule has 0 radical (unpaired) electrons. The number of hydrogen-bond acceptors (Lipinski definition) is 2. The molecular weight excluding hydrogens is 197 g/mol. The monoisotopic (exact) mass is 211 g/mol. The zero-order valence-corrected chi connectivity index (χ0v) is 8.80. The molecule has 0 aromatic heterocycles. The van der Waals surface area contributed by atoms with Crippen LogP contribution >= 0.6 is 0 Å². The van der Waals surface area contributed by atoms with Crippen LogP contribution in [-0.4, -0.2) is 24.7 Å². The average Bonchev–Trinajstić information content (AvgIpc) is 2.19. The van der Waals surface area contributed by atoms with Gasteiger partial charge in [0.2, 0.25) is 0 Å². The Bertz CT molecular complexity index is 377. The summed E-state index contributed by atoms with van der Waals surface area (Å²) in [5.41, 5.74) is 0.932. The van der Waals surface area contributed by atoms with E-state index < -0.39 is 11.8 Å². The van der Waals surface area contributed by atoms with Gasteiger partial charge >= 0.3 is 5.97 Å². The molecule has 1 aromatic rings. The Morgan fingerprint density at radius 2 is 2.20 bits per heavy atom. The Hall–Kier alpha value is -1.42. The highest BCUT2D eigenvalue weighted by Crippen LogP contribution is 2.16. The quantitative estimate of drug-likeness (QED) is 0.795. The second-order valence-electron chi connectivity index (χ2n) is 3.41. The maximum absolute atomic E-state index is 13.3. The number of halogens is 1. The van der Waals surface area contributed by atoms with Crippen LogP contribution in [0.3, 0.4) is 0 Å². The summed E-state index contributed by atoms with van der Waals surface area (Å²) in [5, 5.41) is 11.8. The summed E-state index contributed by atoms with van der Waals surface area (Å²) in [7, 11) is 1.79. The van der Waals surface area contributed by atoms with Gasteiger partial charge in [0.05, 0.1) is 5.56 Å². The van der Waals surface area contributed by atoms with Gasteiger partial charge in [-0.3, -0.25) is 0 Å². The lowest BCUT2D eigenvalue weighted by atomic mass is 10.0. The largest absolute Gasteiger partial charge is 0.478 e. The number of rotatable bonds is 4. The molecule has 1 rings (SSSR count). The molecule has 0 heterocycles. The summed E-state index contributed by atoms with van der Waals surface area (Å²) in [5.74, 6) is -1.54. The fraction of sp³-hybridized carbons (Fsp3) is 0.364. The van der Waals surface area contributed by atoms with Gasteiger partial charge < -0.3 is 10.4 Å². The minimum Gasteiger partial charge on any atom is -0.478 e. The van der Waals surface area contributed by atoms with Crippen LogP contribution in [-0.2, 0) is 6.42 Å². The first kappa shape index (κ1) is 11.7. The molecule has 0 saturated carbocycles. The van der Waals surface area contributed by atoms with E-state index in [2.05, 4.69) is 5.32 Å². The van der Waals surface area contributed by atoms with Gasteiger partial charge in [0.25, 0.3) is 0 Å². The van der Waals surface area contributed by atoms with Crippen LogP contribution in [0.2, 0.25) is 0 Å². The Labute approximate surface area is 87.9 Å². The van der Waals surface area contributed by atoms with E-state index in [1.165, 1.54) is 19.1 Å². The number of benzene rings is 1. The van der Waals surface area contributed by atoms with Gasteiger partial charge in [-0.05, 0) is 50.2 Å². The molecule has 0 aliphatic carbocycles. The summed E-state index contributed by atoms with van der Waals surface area (Å²) in [6.07, 6.45) is 0.619. The van der Waals surface area contributed by atoms with Crippen molar-refractivity contribution < 1.29 is 14.3 Å². The molecule has 0 saturated heterocycles. The second-order valence-corrected chi connectivity index (χ2v) is 3.41. The maximum Gasteiger partial charge on any atom is 0.336 e. The fourth-order valence-electron chi connectivity index (χ4n) is 1.37. The molecule has 3 nitrogen and oxygen atoms in total. The van der Waals surface area contributed by atoms with E-state index in [0.717, 1.165) is 0 Å². The van der Waals surface area contributed by atoms with Gasteiger partial charge in [-0.2, -0.15) is 0 Å². The molecule has 0 fully saturated rings. The predicted molar refractivity (Wildman–Crippen MR) is 55.7 cm³/mol. The van der Waals surface area contributed by atoms with Crippen LogP contribution in [0, 0.1) is 12.7 Å². The molecule has 1 aromatic carbocycles. The van der Waals surface area contributed by atoms with Crippen molar-refractivity contribution in [2.45, 2.75) is 13.3 Å². The van der Waals surface area contributed by atoms with E-state index in [-0.39, 0.29) is 11.1 Å². The average molecular weight is 211 g/mol. The third-order valence-electron chi connectivity index (χ3n) is 2.30. The zero-order valence-electron chi connectivity index (χ0n) is 8.80. The summed E-state index contributed by atoms with van der Waals surface area (Å²) in [6, 6.07) is 2.91. The molecule has 0 atom stereocenters. The molecule has 2 N–H and O–H groups in total. The van der Waals surface area contributed by atoms with E-state index in [0.29, 0.717) is 18.5 Å². The molecule has 0 aliphatic heterocycles. The minimum absolute atomic E-state index is 0.0427. The van der Waals surface area contributed by atoms with Crippen molar-refractivity contribution in [3.8, 4) is 0 Å². The third-order valence-corrected chi connectivity index (χ3v) is 2.30. The lowest BCUT2D eigenvalue weighted by Gasteiger charge is -2.06. The lowest BCUT2D eigenvalue weighted by Crippen LogP contribution is -2.11. The number of carboxylic acids is 1. The Balaban J connectivity index is 3.06. The van der Waals surface area contributed by atoms with Crippen LogP contribution in [0.5, 0.6) is 0 Å². The molecule has 0 unspecified atom stereocenters. The standard InChI is InChI=1S/C11H14FNO2/c1-7-9(11(14)15)5-8(3-4-13-2)6-10(7)12/h5-6,13H,3-4H2,1-2H3,(H,14,15). The van der Waals surface area contributed by atoms with E-state index in [1.807, 2.05) is 0 Å². The van der Waals surface area contributed by atoms with Crippen molar-refractivity contribution in [1.82, 2.24) is 5.32 Å². The molecule has 0 amide bonds. The van der Waals surface area contributed by atoms with Gasteiger partial charge in [-0.15, -0.1) is 0 Å². The first-order valence-electron chi connectivity index (χ1n) is 4.73. The van der Waals surface area contributed by atoms with Gasteiger partial charge in [0.1, 0.15) is 5.82 Å². The Morgan fingerprint density at radius 3 is 2.73 bits per heavy atom. The van der Waals surface area contributed by atoms with E-state index >= 15 is 0 Å². The van der Waals surface area contributed by atoms with Crippen LogP contribution in [0.25, 0.3) is 0 Å². The van der Waals surface area contributed by atoms with Crippen molar-refractivity contribution >= 4 is 5.97 Å². The van der Waals surface area contributed by atoms with Crippen molar-refractivity contribution in [2.24, 2.45) is 0 Å². The molecule has 82 valence electrons. The van der Waals surface area contributed by atoms with Gasteiger partial charge in [-0.25, -0.2) is 9.18 Å². The van der Waals surface area contributed by atoms with E-state index in [1.54, 1.807) is 7.05 Å². The van der Waals surface area contributed by atoms with E-state index in [4.69, 9.17) is 5.11 Å². The number of carbonyl (C=O) groups is 1. The maximum atomic E-state index is 13.3. The zero-order chi connectivity index (χ0) is 11.4. The van der Waals surface area contributed by atoms with Crippen LogP contribution in [0.4, 0.5) is 4.39 Å². The van der Waals surface area contributed by atoms with Crippen LogP contribution in [0.1, 0.15) is 21.5 Å². The highest BCUT2D eigenvalue weighted by atomic mass is 19.1. The van der Waals surface area contributed by atoms with Crippen molar-refractivity contribution in [3.63, 3.8) is 0 Å². The molecule has 0 spiro atoms. The van der Waals surface area contributed by atoms with Crippen molar-refractivity contribution in [3.05, 3.63) is 34.6 Å². The highest BCUT2D eigenvalue weighted by molar-refractivity contribution is 5.89. The van der Waals surface area contributed by atoms with Crippen molar-refractivity contribution in [1.29, 1.82) is 0 Å². The fourth-order valence-corrected chi connectivity index (χ4v) is 1.37. The normalized spacial score (nSPS) is 10.3. The van der Waals surface area contributed by atoms with Crippen LogP contribution in [0.15, 0.2) is 12.1 Å². The lowest BCUT2D eigenvalue weighted by molar-refractivity contribution is 0.0695. The summed E-state index contributed by atoms with van der Waals surface area (Å²) < 4.78 is 13.3. The highest BCUT2D eigenvalue weighted by Gasteiger charge is 2.12. The van der Waals surface area contributed by atoms with Gasteiger partial charge in [-0.1, -0.05) is 0 Å².